The quantitative estimate of drug-likeness (QED) is 0.214. The van der Waals surface area contributed by atoms with E-state index in [1.165, 1.54) is 0 Å². The summed E-state index contributed by atoms with van der Waals surface area (Å²) in [5.74, 6) is -1.16. The lowest BCUT2D eigenvalue weighted by molar-refractivity contribution is -0.126. The molecule has 1 heterocycles. The molecule has 0 unspecified atom stereocenters. The lowest BCUT2D eigenvalue weighted by Gasteiger charge is -2.23. The van der Waals surface area contributed by atoms with Crippen LogP contribution in [0.4, 0.5) is 5.69 Å². The molecule has 5 aromatic rings. The van der Waals surface area contributed by atoms with Gasteiger partial charge in [-0.15, -0.1) is 0 Å². The number of fused-ring (bicyclic) bond motifs is 1. The fraction of sp³-hybridized carbons (Fsp3) is 0.125. The molecular weight excluding hydrogens is 494 g/mol. The molecule has 0 spiro atoms. The first-order valence-corrected chi connectivity index (χ1v) is 12.9. The average Bonchev–Trinajstić information content (AvgIpc) is 3.35. The number of carbonyl (C=O) groups is 2. The van der Waals surface area contributed by atoms with Gasteiger partial charge in [0.1, 0.15) is 6.04 Å². The molecule has 3 N–H and O–H groups in total. The molecule has 38 heavy (non-hydrogen) atoms. The van der Waals surface area contributed by atoms with Gasteiger partial charge in [0.05, 0.1) is 16.6 Å². The Kier molecular flexibility index (Phi) is 7.57. The number of aromatic nitrogens is 1. The van der Waals surface area contributed by atoms with Gasteiger partial charge >= 0.3 is 0 Å². The van der Waals surface area contributed by atoms with E-state index < -0.39 is 12.0 Å². The minimum Gasteiger partial charge on any atom is -0.361 e. The molecule has 0 aliphatic heterocycles. The van der Waals surface area contributed by atoms with E-state index in [2.05, 4.69) is 15.6 Å². The predicted octanol–water partition coefficient (Wildman–Crippen LogP) is 6.63. The molecule has 4 aromatic carbocycles. The number of aromatic amines is 1. The van der Waals surface area contributed by atoms with Crippen molar-refractivity contribution in [3.05, 3.63) is 137 Å². The number of aryl methyl sites for hydroxylation is 1. The Balaban J connectivity index is 1.48. The van der Waals surface area contributed by atoms with Crippen LogP contribution < -0.4 is 10.6 Å². The number of halogens is 1. The molecule has 0 fully saturated rings. The summed E-state index contributed by atoms with van der Waals surface area (Å²) in [5, 5.41) is 7.49. The van der Waals surface area contributed by atoms with Crippen LogP contribution in [-0.2, 0) is 16.0 Å². The maximum atomic E-state index is 13.9. The van der Waals surface area contributed by atoms with Crippen LogP contribution >= 0.6 is 11.6 Å². The summed E-state index contributed by atoms with van der Waals surface area (Å²) in [6, 6.07) is 31.7. The largest absolute Gasteiger partial charge is 0.361 e. The van der Waals surface area contributed by atoms with Crippen molar-refractivity contribution < 1.29 is 9.59 Å². The monoisotopic (exact) mass is 521 g/mol. The van der Waals surface area contributed by atoms with Crippen molar-refractivity contribution in [2.45, 2.75) is 25.3 Å². The molecule has 0 saturated heterocycles. The van der Waals surface area contributed by atoms with Gasteiger partial charge in [-0.2, -0.15) is 0 Å². The van der Waals surface area contributed by atoms with E-state index in [1.807, 2.05) is 110 Å². The van der Waals surface area contributed by atoms with Gasteiger partial charge in [0, 0.05) is 23.5 Å². The standard InChI is InChI=1S/C32H28ClN3O2/c1-21-11-10-18-27(30(21)33)35-31(37)28(19-24-20-34-26-17-9-8-16-25(24)26)36-32(38)29(22-12-4-2-5-13-22)23-14-6-3-7-15-23/h2-18,20,28-29,34H,19H2,1H3,(H,35,37)(H,36,38)/t28-/m0/s1. The molecule has 0 saturated carbocycles. The van der Waals surface area contributed by atoms with Gasteiger partial charge in [-0.05, 0) is 41.3 Å². The van der Waals surface area contributed by atoms with Crippen LogP contribution in [0.2, 0.25) is 5.02 Å². The van der Waals surface area contributed by atoms with Gasteiger partial charge in [0.15, 0.2) is 0 Å². The average molecular weight is 522 g/mol. The molecule has 6 heteroatoms. The number of anilines is 1. The van der Waals surface area contributed by atoms with Crippen molar-refractivity contribution in [1.82, 2.24) is 10.3 Å². The molecule has 0 aliphatic rings. The number of hydrogen-bond acceptors (Lipinski definition) is 2. The van der Waals surface area contributed by atoms with Gasteiger partial charge < -0.3 is 15.6 Å². The molecule has 1 aromatic heterocycles. The normalized spacial score (nSPS) is 11.9. The first-order chi connectivity index (χ1) is 18.5. The molecule has 0 bridgehead atoms. The Labute approximate surface area is 226 Å². The second-order valence-corrected chi connectivity index (χ2v) is 9.68. The Bertz CT molecular complexity index is 1520. The summed E-state index contributed by atoms with van der Waals surface area (Å²) < 4.78 is 0. The van der Waals surface area contributed by atoms with Crippen LogP contribution in [0.1, 0.15) is 28.2 Å². The highest BCUT2D eigenvalue weighted by Gasteiger charge is 2.29. The smallest absolute Gasteiger partial charge is 0.247 e. The van der Waals surface area contributed by atoms with Crippen molar-refractivity contribution in [2.75, 3.05) is 5.32 Å². The highest BCUT2D eigenvalue weighted by Crippen LogP contribution is 2.28. The third-order valence-corrected chi connectivity index (χ3v) is 7.21. The van der Waals surface area contributed by atoms with Gasteiger partial charge in [-0.1, -0.05) is 103 Å². The van der Waals surface area contributed by atoms with Gasteiger partial charge in [0.25, 0.3) is 0 Å². The van der Waals surface area contributed by atoms with Crippen molar-refractivity contribution in [1.29, 1.82) is 0 Å². The summed E-state index contributed by atoms with van der Waals surface area (Å²) in [5.41, 5.74) is 4.98. The van der Waals surface area contributed by atoms with E-state index in [4.69, 9.17) is 11.6 Å². The lowest BCUT2D eigenvalue weighted by Crippen LogP contribution is -2.47. The third kappa shape index (κ3) is 5.48. The zero-order valence-electron chi connectivity index (χ0n) is 20.9. The summed E-state index contributed by atoms with van der Waals surface area (Å²) >= 11 is 6.47. The van der Waals surface area contributed by atoms with Crippen LogP contribution in [0.25, 0.3) is 10.9 Å². The molecule has 0 aliphatic carbocycles. The minimum atomic E-state index is -0.840. The van der Waals surface area contributed by atoms with Crippen LogP contribution in [0.15, 0.2) is 109 Å². The Morgan fingerprint density at radius 1 is 0.789 bits per heavy atom. The number of carbonyl (C=O) groups excluding carboxylic acids is 2. The fourth-order valence-electron chi connectivity index (χ4n) is 4.73. The summed E-state index contributed by atoms with van der Waals surface area (Å²) in [6.07, 6.45) is 2.20. The van der Waals surface area contributed by atoms with E-state index in [0.29, 0.717) is 17.1 Å². The Morgan fingerprint density at radius 2 is 1.42 bits per heavy atom. The third-order valence-electron chi connectivity index (χ3n) is 6.71. The molecule has 5 rings (SSSR count). The van der Waals surface area contributed by atoms with E-state index in [0.717, 1.165) is 33.2 Å². The first kappa shape index (κ1) is 25.3. The molecule has 190 valence electrons. The van der Waals surface area contributed by atoms with Gasteiger partial charge in [-0.25, -0.2) is 0 Å². The highest BCUT2D eigenvalue weighted by molar-refractivity contribution is 6.34. The molecular formula is C32H28ClN3O2. The zero-order valence-corrected chi connectivity index (χ0v) is 21.7. The Hall–Kier alpha value is -4.35. The number of nitrogens with one attached hydrogen (secondary N) is 3. The van der Waals surface area contributed by atoms with Crippen LogP contribution in [0.5, 0.6) is 0 Å². The van der Waals surface area contributed by atoms with E-state index >= 15 is 0 Å². The van der Waals surface area contributed by atoms with Crippen molar-refractivity contribution in [3.8, 4) is 0 Å². The fourth-order valence-corrected chi connectivity index (χ4v) is 4.91. The number of benzene rings is 4. The summed E-state index contributed by atoms with van der Waals surface area (Å²) in [4.78, 5) is 30.8. The lowest BCUT2D eigenvalue weighted by atomic mass is 9.90. The summed E-state index contributed by atoms with van der Waals surface area (Å²) in [6.45, 7) is 1.88. The van der Waals surface area contributed by atoms with Crippen molar-refractivity contribution in [2.24, 2.45) is 0 Å². The Morgan fingerprint density at radius 3 is 2.11 bits per heavy atom. The van der Waals surface area contributed by atoms with Crippen molar-refractivity contribution >= 4 is 40.0 Å². The van der Waals surface area contributed by atoms with E-state index in [9.17, 15) is 9.59 Å². The number of hydrogen-bond donors (Lipinski definition) is 3. The maximum absolute atomic E-state index is 13.9. The highest BCUT2D eigenvalue weighted by atomic mass is 35.5. The molecule has 2 amide bonds. The van der Waals surface area contributed by atoms with E-state index in [-0.39, 0.29) is 11.8 Å². The minimum absolute atomic E-state index is 0.252. The topological polar surface area (TPSA) is 74.0 Å². The number of amides is 2. The summed E-state index contributed by atoms with van der Waals surface area (Å²) in [7, 11) is 0. The molecule has 1 atom stereocenters. The van der Waals surface area contributed by atoms with Crippen molar-refractivity contribution in [3.63, 3.8) is 0 Å². The predicted molar refractivity (Wildman–Crippen MR) is 153 cm³/mol. The SMILES string of the molecule is Cc1cccc(NC(=O)[C@H](Cc2c[nH]c3ccccc23)NC(=O)C(c2ccccc2)c2ccccc2)c1Cl. The number of para-hydroxylation sites is 1. The number of rotatable bonds is 8. The van der Waals surface area contributed by atoms with Crippen LogP contribution in [0, 0.1) is 6.92 Å². The van der Waals surface area contributed by atoms with Crippen LogP contribution in [0.3, 0.4) is 0 Å². The second kappa shape index (κ2) is 11.4. The van der Waals surface area contributed by atoms with Crippen LogP contribution in [-0.4, -0.2) is 22.8 Å². The maximum Gasteiger partial charge on any atom is 0.247 e. The zero-order chi connectivity index (χ0) is 26.5. The molecule has 0 radical (unpaired) electrons. The van der Waals surface area contributed by atoms with E-state index in [1.54, 1.807) is 6.07 Å². The van der Waals surface area contributed by atoms with Gasteiger partial charge in [-0.3, -0.25) is 9.59 Å². The molecule has 5 nitrogen and oxygen atoms in total. The first-order valence-electron chi connectivity index (χ1n) is 12.5. The second-order valence-electron chi connectivity index (χ2n) is 9.30. The number of H-pyrrole nitrogens is 1. The van der Waals surface area contributed by atoms with Gasteiger partial charge in [0.2, 0.25) is 11.8 Å².